The molecule has 13 heteroatoms. The number of aromatic nitrogens is 1. The molecule has 1 aromatic rings. The molecule has 0 spiro atoms. The van der Waals surface area contributed by atoms with Crippen molar-refractivity contribution in [1.82, 2.24) is 20.9 Å². The summed E-state index contributed by atoms with van der Waals surface area (Å²) < 4.78 is 0. The van der Waals surface area contributed by atoms with Crippen LogP contribution in [0.1, 0.15) is 69.5 Å². The highest BCUT2D eigenvalue weighted by molar-refractivity contribution is 7.81. The van der Waals surface area contributed by atoms with Gasteiger partial charge in [-0.1, -0.05) is 26.8 Å². The minimum absolute atomic E-state index is 0.0537. The van der Waals surface area contributed by atoms with Crippen LogP contribution >= 0.6 is 25.3 Å². The third-order valence-electron chi connectivity index (χ3n) is 9.53. The van der Waals surface area contributed by atoms with E-state index in [1.54, 1.807) is 19.1 Å². The summed E-state index contributed by atoms with van der Waals surface area (Å²) in [5.41, 5.74) is 4.20. The molecular formula is C33H44N4O7S2. The zero-order valence-electron chi connectivity index (χ0n) is 26.7. The van der Waals surface area contributed by atoms with Gasteiger partial charge in [-0.05, 0) is 61.1 Å². The fourth-order valence-corrected chi connectivity index (χ4v) is 7.42. The molecule has 46 heavy (non-hydrogen) atoms. The lowest BCUT2D eigenvalue weighted by atomic mass is 9.89. The Morgan fingerprint density at radius 3 is 2.33 bits per heavy atom. The molecule has 4 heterocycles. The Kier molecular flexibility index (Phi) is 10.9. The number of nitrogens with one attached hydrogen (secondary N) is 4. The van der Waals surface area contributed by atoms with Crippen LogP contribution in [0.2, 0.25) is 0 Å². The number of amides is 2. The number of thiol groups is 2. The maximum Gasteiger partial charge on any atom is 0.303 e. The lowest BCUT2D eigenvalue weighted by Crippen LogP contribution is -2.40. The highest BCUT2D eigenvalue weighted by Gasteiger charge is 2.43. The number of aromatic amines is 1. The van der Waals surface area contributed by atoms with Crippen molar-refractivity contribution in [2.45, 2.75) is 83.7 Å². The molecule has 250 valence electrons. The number of H-pyrrole nitrogens is 1. The van der Waals surface area contributed by atoms with Gasteiger partial charge in [0.25, 0.3) is 0 Å². The molecule has 11 nitrogen and oxygen atoms in total. The number of carbonyl (C=O) groups excluding carboxylic acids is 2. The summed E-state index contributed by atoms with van der Waals surface area (Å²) in [5.74, 6) is -2.44. The second kappa shape index (κ2) is 14.1. The molecule has 2 fully saturated rings. The number of carboxylic acids is 2. The Labute approximate surface area is 279 Å². The minimum Gasteiger partial charge on any atom is -0.481 e. The summed E-state index contributed by atoms with van der Waals surface area (Å²) in [4.78, 5) is 51.8. The molecule has 4 rings (SSSR count). The summed E-state index contributed by atoms with van der Waals surface area (Å²) in [5, 5.41) is 39.8. The summed E-state index contributed by atoms with van der Waals surface area (Å²) in [6, 6.07) is -0.176. The highest BCUT2D eigenvalue weighted by Crippen LogP contribution is 2.40. The second-order valence-corrected chi connectivity index (χ2v) is 13.7. The quantitative estimate of drug-likeness (QED) is 0.120. The molecule has 1 aromatic heterocycles. The first-order valence-corrected chi connectivity index (χ1v) is 16.6. The monoisotopic (exact) mass is 672 g/mol. The van der Waals surface area contributed by atoms with E-state index in [1.807, 2.05) is 33.8 Å². The average molecular weight is 673 g/mol. The maximum absolute atomic E-state index is 12.6. The van der Waals surface area contributed by atoms with Crippen molar-refractivity contribution in [2.75, 3.05) is 5.75 Å². The van der Waals surface area contributed by atoms with E-state index in [4.69, 9.17) is 0 Å². The molecule has 3 aliphatic heterocycles. The molecule has 0 bridgehead atoms. The third kappa shape index (κ3) is 7.26. The number of allylic oxidation sites excluding steroid dienone is 2. The Balaban J connectivity index is 1.77. The Morgan fingerprint density at radius 1 is 1.07 bits per heavy atom. The number of carboxylic acid groups (broad SMARTS) is 2. The summed E-state index contributed by atoms with van der Waals surface area (Å²) >= 11 is 8.82. The zero-order chi connectivity index (χ0) is 34.1. The molecule has 0 aromatic carbocycles. The Bertz CT molecular complexity index is 1560. The Hall–Kier alpha value is -3.42. The van der Waals surface area contributed by atoms with Crippen LogP contribution in [0.4, 0.5) is 0 Å². The van der Waals surface area contributed by atoms with Crippen LogP contribution in [-0.4, -0.2) is 66.8 Å². The van der Waals surface area contributed by atoms with Crippen molar-refractivity contribution < 1.29 is 34.5 Å². The maximum atomic E-state index is 12.6. The Morgan fingerprint density at radius 2 is 1.72 bits per heavy atom. The lowest BCUT2D eigenvalue weighted by Gasteiger charge is -2.26. The molecule has 0 radical (unpaired) electrons. The van der Waals surface area contributed by atoms with Gasteiger partial charge >= 0.3 is 11.9 Å². The number of aliphatic hydroxyl groups is 1. The van der Waals surface area contributed by atoms with Gasteiger partial charge in [0, 0.05) is 82.4 Å². The number of hydrogen-bond donors (Lipinski definition) is 9. The van der Waals surface area contributed by atoms with Gasteiger partial charge in [-0.2, -0.15) is 25.3 Å². The van der Waals surface area contributed by atoms with Gasteiger partial charge in [0.05, 0.1) is 0 Å². The highest BCUT2D eigenvalue weighted by atomic mass is 32.1. The van der Waals surface area contributed by atoms with Gasteiger partial charge < -0.3 is 36.3 Å². The number of rotatable bonds is 12. The van der Waals surface area contributed by atoms with Gasteiger partial charge in [0.1, 0.15) is 0 Å². The second-order valence-electron chi connectivity index (χ2n) is 12.5. The van der Waals surface area contributed by atoms with Gasteiger partial charge in [0.15, 0.2) is 5.72 Å². The van der Waals surface area contributed by atoms with E-state index in [0.29, 0.717) is 46.0 Å². The first-order chi connectivity index (χ1) is 21.6. The van der Waals surface area contributed by atoms with Crippen molar-refractivity contribution in [3.63, 3.8) is 0 Å². The van der Waals surface area contributed by atoms with Crippen LogP contribution < -0.4 is 16.0 Å². The number of carbonyl (C=O) groups is 4. The van der Waals surface area contributed by atoms with E-state index in [2.05, 4.69) is 46.2 Å². The largest absolute Gasteiger partial charge is 0.481 e. The van der Waals surface area contributed by atoms with Crippen LogP contribution in [-0.2, 0) is 32.0 Å². The van der Waals surface area contributed by atoms with Crippen LogP contribution in [0, 0.1) is 24.7 Å². The smallest absolute Gasteiger partial charge is 0.303 e. The minimum atomic E-state index is -1.72. The van der Waals surface area contributed by atoms with Crippen molar-refractivity contribution in [3.05, 3.63) is 62.8 Å². The summed E-state index contributed by atoms with van der Waals surface area (Å²) in [7, 11) is 0. The predicted octanol–water partition coefficient (Wildman–Crippen LogP) is 3.27. The molecule has 6 atom stereocenters. The fourth-order valence-electron chi connectivity index (χ4n) is 6.80. The van der Waals surface area contributed by atoms with Gasteiger partial charge in [0.2, 0.25) is 11.8 Å². The van der Waals surface area contributed by atoms with Gasteiger partial charge in [-0.25, -0.2) is 0 Å². The van der Waals surface area contributed by atoms with Gasteiger partial charge in [-0.15, -0.1) is 0 Å². The normalized spacial score (nSPS) is 29.5. The molecule has 2 saturated heterocycles. The zero-order valence-corrected chi connectivity index (χ0v) is 28.5. The van der Waals surface area contributed by atoms with Crippen molar-refractivity contribution in [2.24, 2.45) is 17.8 Å². The lowest BCUT2D eigenvalue weighted by molar-refractivity contribution is -0.138. The van der Waals surface area contributed by atoms with Crippen LogP contribution in [0.3, 0.4) is 0 Å². The first-order valence-electron chi connectivity index (χ1n) is 15.5. The number of hydrogen-bond acceptors (Lipinski definition) is 8. The van der Waals surface area contributed by atoms with Gasteiger partial charge in [-0.3, -0.25) is 19.2 Å². The van der Waals surface area contributed by atoms with Crippen molar-refractivity contribution >= 4 is 55.1 Å². The standard InChI is InChI=1S/C33H44N4O7S2/c1-15-20(6-8-28(38)39)25(34-23(15)12-24-16(2)21(10-11-45)32(43)35-24)13-26-22(7-9-29(40)41)18(4)33(44,37-26)14-27-30(19(5)46)17(3)31(42)36-27/h10,13-14,16-17,19,24,30,34,37,44-46H,6-9,11-12H2,1-5H3,(H,35,43)(H,36,42)(H,38,39)(H,40,41)/b21-10-,26-13-,27-14-/t16?,17-,19+,24-,30+,33+/m1/s1. The summed E-state index contributed by atoms with van der Waals surface area (Å²) in [6.07, 6.45) is 5.73. The predicted molar refractivity (Wildman–Crippen MR) is 181 cm³/mol. The average Bonchev–Trinajstić information content (AvgIpc) is 3.58. The van der Waals surface area contributed by atoms with E-state index < -0.39 is 17.7 Å². The van der Waals surface area contributed by atoms with Crippen molar-refractivity contribution in [1.29, 1.82) is 0 Å². The fraction of sp³-hybridized carbons (Fsp3) is 0.515. The molecule has 3 aliphatic rings. The van der Waals surface area contributed by atoms with Crippen LogP contribution in [0.5, 0.6) is 0 Å². The van der Waals surface area contributed by atoms with E-state index in [1.165, 1.54) is 0 Å². The van der Waals surface area contributed by atoms with E-state index in [-0.39, 0.29) is 66.5 Å². The molecule has 2 amide bonds. The van der Waals surface area contributed by atoms with E-state index in [9.17, 15) is 34.5 Å². The molecule has 7 N–H and O–H groups in total. The van der Waals surface area contributed by atoms with E-state index in [0.717, 1.165) is 16.8 Å². The third-order valence-corrected chi connectivity index (χ3v) is 10.0. The van der Waals surface area contributed by atoms with E-state index >= 15 is 0 Å². The molecule has 0 aliphatic carbocycles. The molecular weight excluding hydrogens is 629 g/mol. The summed E-state index contributed by atoms with van der Waals surface area (Å²) in [6.45, 7) is 9.31. The topological polar surface area (TPSA) is 181 Å². The SMILES string of the molecule is CC1=C(CCC(=O)O)/C(=C/c2[nH]c(C[C@H]3NC(=O)/C(=C\CS)C3C)c(C)c2CCC(=O)O)N[C@]1(O)/C=C1\NC(=O)[C@H](C)[C@H]1[C@H](C)S. The molecule has 0 saturated carbocycles. The molecule has 1 unspecified atom stereocenters. The number of aliphatic carboxylic acids is 2. The van der Waals surface area contributed by atoms with Crippen LogP contribution in [0.15, 0.2) is 40.3 Å². The first kappa shape index (κ1) is 35.4. The van der Waals surface area contributed by atoms with Crippen molar-refractivity contribution in [3.8, 4) is 0 Å². The van der Waals surface area contributed by atoms with Crippen LogP contribution in [0.25, 0.3) is 6.08 Å².